The van der Waals surface area contributed by atoms with Gasteiger partial charge in [-0.15, -0.1) is 0 Å². The van der Waals surface area contributed by atoms with Crippen molar-refractivity contribution in [2.24, 2.45) is 23.2 Å². The molecule has 2 unspecified atom stereocenters. The van der Waals surface area contributed by atoms with Crippen molar-refractivity contribution in [3.8, 4) is 6.07 Å². The lowest BCUT2D eigenvalue weighted by atomic mass is 9.48. The number of likely N-dealkylation sites (tertiary alicyclic amines) is 1. The molecule has 6 aliphatic rings. The molecule has 1 aliphatic heterocycles. The second-order valence-electron chi connectivity index (χ2n) is 11.0. The van der Waals surface area contributed by atoms with E-state index in [1.165, 1.54) is 0 Å². The highest BCUT2D eigenvalue weighted by Gasteiger charge is 2.60. The van der Waals surface area contributed by atoms with E-state index in [1.807, 2.05) is 0 Å². The lowest BCUT2D eigenvalue weighted by Crippen LogP contribution is -2.59. The maximum Gasteiger partial charge on any atom is 0.410 e. The zero-order chi connectivity index (χ0) is 22.6. The number of aromatic nitrogens is 1. The van der Waals surface area contributed by atoms with Crippen LogP contribution >= 0.6 is 0 Å². The molecule has 7 rings (SSSR count). The quantitative estimate of drug-likeness (QED) is 0.715. The first-order valence-electron chi connectivity index (χ1n) is 12.4. The fourth-order valence-corrected chi connectivity index (χ4v) is 7.00. The summed E-state index contributed by atoms with van der Waals surface area (Å²) in [7, 11) is 0. The number of nitriles is 1. The van der Waals surface area contributed by atoms with E-state index in [4.69, 9.17) is 10.00 Å². The molecule has 0 spiro atoms. The molecule has 1 aromatic heterocycles. The summed E-state index contributed by atoms with van der Waals surface area (Å²) in [5, 5.41) is 15.5. The Morgan fingerprint density at radius 3 is 2.58 bits per heavy atom. The fraction of sp³-hybridized carbons (Fsp3) is 0.680. The van der Waals surface area contributed by atoms with Crippen molar-refractivity contribution >= 4 is 17.8 Å². The minimum atomic E-state index is -0.223. The maximum atomic E-state index is 13.1. The van der Waals surface area contributed by atoms with Crippen molar-refractivity contribution in [2.45, 2.75) is 69.6 Å². The smallest absolute Gasteiger partial charge is 0.410 e. The largest absolute Gasteiger partial charge is 0.446 e. The molecule has 8 nitrogen and oxygen atoms in total. The van der Waals surface area contributed by atoms with Gasteiger partial charge in [0, 0.05) is 31.4 Å². The van der Waals surface area contributed by atoms with E-state index in [2.05, 4.69) is 21.7 Å². The summed E-state index contributed by atoms with van der Waals surface area (Å²) in [6.07, 6.45) is 9.26. The molecule has 33 heavy (non-hydrogen) atoms. The van der Waals surface area contributed by atoms with Crippen LogP contribution in [0, 0.1) is 34.5 Å². The molecule has 8 heteroatoms. The highest BCUT2D eigenvalue weighted by Crippen LogP contribution is 2.61. The minimum absolute atomic E-state index is 0.0527. The van der Waals surface area contributed by atoms with Gasteiger partial charge in [-0.3, -0.25) is 4.79 Å². The van der Waals surface area contributed by atoms with E-state index in [0.717, 1.165) is 51.4 Å². The van der Waals surface area contributed by atoms with Gasteiger partial charge >= 0.3 is 6.09 Å². The Balaban J connectivity index is 1.05. The monoisotopic (exact) mass is 449 g/mol. The number of nitrogens with zero attached hydrogens (tertiary/aromatic N) is 3. The number of ether oxygens (including phenoxy) is 1. The molecule has 174 valence electrons. The van der Waals surface area contributed by atoms with Gasteiger partial charge in [0.2, 0.25) is 5.91 Å². The first-order valence-corrected chi connectivity index (χ1v) is 12.4. The van der Waals surface area contributed by atoms with Gasteiger partial charge in [-0.1, -0.05) is 0 Å². The Morgan fingerprint density at radius 1 is 1.12 bits per heavy atom. The summed E-state index contributed by atoms with van der Waals surface area (Å²) in [5.74, 6) is 2.20. The van der Waals surface area contributed by atoms with Gasteiger partial charge in [0.15, 0.2) is 0 Å². The highest BCUT2D eigenvalue weighted by molar-refractivity contribution is 5.83. The number of carbonyl (C=O) groups is 2. The average molecular weight is 450 g/mol. The van der Waals surface area contributed by atoms with Crippen LogP contribution in [0.15, 0.2) is 18.3 Å². The number of rotatable bonds is 5. The zero-order valence-electron chi connectivity index (χ0n) is 18.8. The summed E-state index contributed by atoms with van der Waals surface area (Å²) < 4.78 is 6.13. The van der Waals surface area contributed by atoms with E-state index in [0.29, 0.717) is 48.3 Å². The molecule has 4 bridgehead atoms. The first kappa shape index (κ1) is 20.8. The van der Waals surface area contributed by atoms with Crippen LogP contribution in [0.2, 0.25) is 0 Å². The Morgan fingerprint density at radius 2 is 1.91 bits per heavy atom. The molecular weight excluding hydrogens is 418 g/mol. The first-order chi connectivity index (χ1) is 16.0. The molecule has 5 saturated carbocycles. The SMILES string of the molecule is N#Cc1ccc(N[C@@H]2CCN(C(=O)OC3C4CC5CC3CC(C(=O)NC3CC3)(C5)C4)C2)nc1. The number of amides is 2. The van der Waals surface area contributed by atoms with Crippen LogP contribution in [0.3, 0.4) is 0 Å². The van der Waals surface area contributed by atoms with Crippen molar-refractivity contribution in [3.63, 3.8) is 0 Å². The van der Waals surface area contributed by atoms with Crippen LogP contribution in [0.4, 0.5) is 10.6 Å². The third-order valence-corrected chi connectivity index (χ3v) is 8.51. The van der Waals surface area contributed by atoms with Gasteiger partial charge in [-0.2, -0.15) is 5.26 Å². The maximum absolute atomic E-state index is 13.1. The Labute approximate surface area is 194 Å². The number of nitrogens with one attached hydrogen (secondary N) is 2. The number of carbonyl (C=O) groups excluding carboxylic acids is 2. The van der Waals surface area contributed by atoms with E-state index in [-0.39, 0.29) is 29.6 Å². The predicted octanol–water partition coefficient (Wildman–Crippen LogP) is 3.05. The van der Waals surface area contributed by atoms with Crippen molar-refractivity contribution in [1.29, 1.82) is 5.26 Å². The number of anilines is 1. The van der Waals surface area contributed by atoms with E-state index in [9.17, 15) is 9.59 Å². The Kier molecular flexibility index (Phi) is 4.97. The van der Waals surface area contributed by atoms with Gasteiger partial charge in [0.25, 0.3) is 0 Å². The average Bonchev–Trinajstić information content (AvgIpc) is 3.50. The van der Waals surface area contributed by atoms with Crippen molar-refractivity contribution in [1.82, 2.24) is 15.2 Å². The molecule has 1 aromatic rings. The lowest BCUT2D eigenvalue weighted by molar-refractivity contribution is -0.164. The molecule has 6 fully saturated rings. The van der Waals surface area contributed by atoms with E-state index >= 15 is 0 Å². The molecule has 1 saturated heterocycles. The van der Waals surface area contributed by atoms with Crippen LogP contribution in [0.5, 0.6) is 0 Å². The fourth-order valence-electron chi connectivity index (χ4n) is 7.00. The summed E-state index contributed by atoms with van der Waals surface area (Å²) in [6.45, 7) is 1.24. The van der Waals surface area contributed by atoms with E-state index < -0.39 is 0 Å². The third kappa shape index (κ3) is 3.92. The predicted molar refractivity (Wildman–Crippen MR) is 120 cm³/mol. The van der Waals surface area contributed by atoms with Gasteiger partial charge in [-0.05, 0) is 81.3 Å². The van der Waals surface area contributed by atoms with E-state index in [1.54, 1.807) is 23.2 Å². The normalized spacial score (nSPS) is 36.3. The molecule has 2 amide bonds. The minimum Gasteiger partial charge on any atom is -0.446 e. The van der Waals surface area contributed by atoms with Gasteiger partial charge in [0.1, 0.15) is 18.0 Å². The molecule has 2 heterocycles. The topological polar surface area (TPSA) is 107 Å². The Bertz CT molecular complexity index is 969. The summed E-state index contributed by atoms with van der Waals surface area (Å²) in [5.41, 5.74) is 0.304. The molecular formula is C25H31N5O3. The number of hydrogen-bond donors (Lipinski definition) is 2. The van der Waals surface area contributed by atoms with Crippen LogP contribution in [0.25, 0.3) is 0 Å². The standard InChI is InChI=1S/C25H31N5O3/c26-12-15-1-4-21(27-13-15)28-20-5-6-30(14-20)24(32)33-22-17-7-16-8-18(22)11-25(9-16,10-17)23(31)29-19-2-3-19/h1,4,13,16-20,22H,2-3,5-11,14H2,(H,27,28)(H,29,31)/t16?,17?,18?,20-,22?,25?/m1/s1. The third-order valence-electron chi connectivity index (χ3n) is 8.51. The molecule has 2 N–H and O–H groups in total. The van der Waals surface area contributed by atoms with Crippen LogP contribution < -0.4 is 10.6 Å². The van der Waals surface area contributed by atoms with Gasteiger partial charge in [0.05, 0.1) is 11.0 Å². The summed E-state index contributed by atoms with van der Waals surface area (Å²) in [4.78, 5) is 32.1. The number of pyridine rings is 1. The second kappa shape index (κ2) is 7.89. The zero-order valence-corrected chi connectivity index (χ0v) is 18.8. The summed E-state index contributed by atoms with van der Waals surface area (Å²) >= 11 is 0. The van der Waals surface area contributed by atoms with Gasteiger partial charge < -0.3 is 20.3 Å². The lowest BCUT2D eigenvalue weighted by Gasteiger charge is -2.58. The summed E-state index contributed by atoms with van der Waals surface area (Å²) in [6, 6.07) is 6.11. The molecule has 0 radical (unpaired) electrons. The second-order valence-corrected chi connectivity index (χ2v) is 11.0. The molecule has 3 atom stereocenters. The van der Waals surface area contributed by atoms with Crippen LogP contribution in [-0.4, -0.2) is 53.2 Å². The molecule has 0 aromatic carbocycles. The van der Waals surface area contributed by atoms with Crippen molar-refractivity contribution < 1.29 is 14.3 Å². The van der Waals surface area contributed by atoms with Crippen molar-refractivity contribution in [2.75, 3.05) is 18.4 Å². The van der Waals surface area contributed by atoms with Crippen LogP contribution in [-0.2, 0) is 9.53 Å². The number of hydrogen-bond acceptors (Lipinski definition) is 6. The molecule has 5 aliphatic carbocycles. The van der Waals surface area contributed by atoms with Gasteiger partial charge in [-0.25, -0.2) is 9.78 Å². The highest BCUT2D eigenvalue weighted by atomic mass is 16.6. The Hall–Kier alpha value is -2.82. The van der Waals surface area contributed by atoms with Crippen LogP contribution in [0.1, 0.15) is 56.9 Å². The van der Waals surface area contributed by atoms with Crippen molar-refractivity contribution in [3.05, 3.63) is 23.9 Å².